The predicted molar refractivity (Wildman–Crippen MR) is 67.3 cm³/mol. The van der Waals surface area contributed by atoms with E-state index in [1.807, 2.05) is 0 Å². The first-order valence-corrected chi connectivity index (χ1v) is 5.50. The number of halogens is 3. The second kappa shape index (κ2) is 4.82. The smallest absolute Gasteiger partial charge is 0.165 e. The summed E-state index contributed by atoms with van der Waals surface area (Å²) in [6.07, 6.45) is 0. The zero-order valence-corrected chi connectivity index (χ0v) is 10.1. The van der Waals surface area contributed by atoms with Crippen LogP contribution in [-0.4, -0.2) is 0 Å². The minimum atomic E-state index is -0.474. The Labute approximate surface area is 108 Å². The van der Waals surface area contributed by atoms with Gasteiger partial charge >= 0.3 is 0 Å². The van der Waals surface area contributed by atoms with Crippen molar-refractivity contribution in [2.24, 2.45) is 0 Å². The molecule has 0 aliphatic carbocycles. The molecular formula is C12H8Cl2FNO. The maximum absolute atomic E-state index is 13.4. The molecule has 0 atom stereocenters. The number of rotatable bonds is 2. The Bertz CT molecular complexity index is 560. The van der Waals surface area contributed by atoms with Crippen LogP contribution in [0.25, 0.3) is 0 Å². The molecule has 0 aliphatic heterocycles. The number of para-hydroxylation sites is 1. The molecular weight excluding hydrogens is 264 g/mol. The van der Waals surface area contributed by atoms with Crippen LogP contribution in [0.15, 0.2) is 36.4 Å². The number of hydrogen-bond donors (Lipinski definition) is 1. The molecule has 0 radical (unpaired) electrons. The molecule has 2 nitrogen and oxygen atoms in total. The summed E-state index contributed by atoms with van der Waals surface area (Å²) < 4.78 is 18.7. The maximum Gasteiger partial charge on any atom is 0.165 e. The van der Waals surface area contributed by atoms with Crippen molar-refractivity contribution < 1.29 is 9.13 Å². The maximum atomic E-state index is 13.4. The molecule has 0 fully saturated rings. The third-order valence-corrected chi connectivity index (χ3v) is 2.83. The number of nitrogens with two attached hydrogens (primary N) is 1. The predicted octanol–water partition coefficient (Wildman–Crippen LogP) is 4.51. The van der Waals surface area contributed by atoms with Gasteiger partial charge in [-0.2, -0.15) is 0 Å². The highest BCUT2D eigenvalue weighted by Crippen LogP contribution is 2.35. The van der Waals surface area contributed by atoms with Crippen molar-refractivity contribution in [3.8, 4) is 11.5 Å². The standard InChI is InChI=1S/C12H8Cl2FNO/c13-7-5-10(16)12(6-8(7)14)17-11-4-2-1-3-9(11)15/h1-6H,16H2. The van der Waals surface area contributed by atoms with Crippen LogP contribution < -0.4 is 10.5 Å². The molecule has 0 saturated heterocycles. The highest BCUT2D eigenvalue weighted by molar-refractivity contribution is 6.42. The Morgan fingerprint density at radius 2 is 1.65 bits per heavy atom. The van der Waals surface area contributed by atoms with Gasteiger partial charge in [-0.1, -0.05) is 35.3 Å². The van der Waals surface area contributed by atoms with Crippen LogP contribution >= 0.6 is 23.2 Å². The molecule has 0 saturated carbocycles. The van der Waals surface area contributed by atoms with Crippen molar-refractivity contribution in [2.45, 2.75) is 0 Å². The number of ether oxygens (including phenoxy) is 1. The quantitative estimate of drug-likeness (QED) is 0.816. The normalized spacial score (nSPS) is 10.3. The van der Waals surface area contributed by atoms with Gasteiger partial charge in [0, 0.05) is 6.07 Å². The van der Waals surface area contributed by atoms with Gasteiger partial charge in [-0.25, -0.2) is 4.39 Å². The van der Waals surface area contributed by atoms with E-state index in [0.717, 1.165) is 0 Å². The zero-order chi connectivity index (χ0) is 12.4. The lowest BCUT2D eigenvalue weighted by atomic mass is 10.3. The Kier molecular flexibility index (Phi) is 3.41. The molecule has 2 rings (SSSR count). The van der Waals surface area contributed by atoms with Crippen molar-refractivity contribution in [3.05, 3.63) is 52.3 Å². The fourth-order valence-corrected chi connectivity index (χ4v) is 1.60. The second-order valence-corrected chi connectivity index (χ2v) is 4.15. The fourth-order valence-electron chi connectivity index (χ4n) is 1.28. The third-order valence-electron chi connectivity index (χ3n) is 2.11. The van der Waals surface area contributed by atoms with Crippen molar-refractivity contribution >= 4 is 28.9 Å². The zero-order valence-electron chi connectivity index (χ0n) is 8.58. The first kappa shape index (κ1) is 12.0. The summed E-state index contributed by atoms with van der Waals surface area (Å²) >= 11 is 11.6. The van der Waals surface area contributed by atoms with Crippen molar-refractivity contribution in [2.75, 3.05) is 5.73 Å². The molecule has 0 amide bonds. The Hall–Kier alpha value is -1.45. The number of anilines is 1. The van der Waals surface area contributed by atoms with Gasteiger partial charge in [-0.05, 0) is 18.2 Å². The van der Waals surface area contributed by atoms with E-state index in [-0.39, 0.29) is 11.5 Å². The van der Waals surface area contributed by atoms with Crippen LogP contribution in [-0.2, 0) is 0 Å². The van der Waals surface area contributed by atoms with Crippen LogP contribution in [0.3, 0.4) is 0 Å². The summed E-state index contributed by atoms with van der Waals surface area (Å²) in [6, 6.07) is 8.93. The van der Waals surface area contributed by atoms with Crippen LogP contribution in [0.5, 0.6) is 11.5 Å². The average molecular weight is 272 g/mol. The lowest BCUT2D eigenvalue weighted by Gasteiger charge is -2.10. The Balaban J connectivity index is 2.37. The van der Waals surface area contributed by atoms with Gasteiger partial charge in [0.2, 0.25) is 0 Å². The van der Waals surface area contributed by atoms with Crippen molar-refractivity contribution in [3.63, 3.8) is 0 Å². The van der Waals surface area contributed by atoms with E-state index in [4.69, 9.17) is 33.7 Å². The minimum Gasteiger partial charge on any atom is -0.452 e. The van der Waals surface area contributed by atoms with Crippen LogP contribution in [0, 0.1) is 5.82 Å². The van der Waals surface area contributed by atoms with E-state index in [1.54, 1.807) is 12.1 Å². The molecule has 0 aromatic heterocycles. The molecule has 88 valence electrons. The van der Waals surface area contributed by atoms with Crippen LogP contribution in [0.1, 0.15) is 0 Å². The summed E-state index contributed by atoms with van der Waals surface area (Å²) in [5.74, 6) is -0.125. The molecule has 2 aromatic carbocycles. The highest BCUT2D eigenvalue weighted by Gasteiger charge is 2.09. The van der Waals surface area contributed by atoms with E-state index in [0.29, 0.717) is 15.7 Å². The van der Waals surface area contributed by atoms with Gasteiger partial charge in [-0.3, -0.25) is 0 Å². The van der Waals surface area contributed by atoms with Gasteiger partial charge in [0.15, 0.2) is 17.3 Å². The largest absolute Gasteiger partial charge is 0.452 e. The summed E-state index contributed by atoms with van der Waals surface area (Å²) in [5, 5.41) is 0.622. The molecule has 17 heavy (non-hydrogen) atoms. The Morgan fingerprint density at radius 1 is 1.00 bits per heavy atom. The summed E-state index contributed by atoms with van der Waals surface area (Å²) in [7, 11) is 0. The SMILES string of the molecule is Nc1cc(Cl)c(Cl)cc1Oc1ccccc1F. The first-order chi connectivity index (χ1) is 8.08. The van der Waals surface area contributed by atoms with Gasteiger partial charge in [0.1, 0.15) is 0 Å². The van der Waals surface area contributed by atoms with Crippen LogP contribution in [0.2, 0.25) is 10.0 Å². The summed E-state index contributed by atoms with van der Waals surface area (Å²) in [4.78, 5) is 0. The van der Waals surface area contributed by atoms with E-state index >= 15 is 0 Å². The number of nitrogen functional groups attached to an aromatic ring is 1. The molecule has 2 N–H and O–H groups in total. The van der Waals surface area contributed by atoms with Crippen molar-refractivity contribution in [1.82, 2.24) is 0 Å². The van der Waals surface area contributed by atoms with E-state index in [1.165, 1.54) is 24.3 Å². The monoisotopic (exact) mass is 271 g/mol. The minimum absolute atomic E-state index is 0.0811. The molecule has 2 aromatic rings. The molecule has 0 bridgehead atoms. The molecule has 0 unspecified atom stereocenters. The van der Waals surface area contributed by atoms with E-state index in [9.17, 15) is 4.39 Å². The number of benzene rings is 2. The molecule has 0 spiro atoms. The molecule has 0 heterocycles. The Morgan fingerprint density at radius 3 is 2.35 bits per heavy atom. The second-order valence-electron chi connectivity index (χ2n) is 3.34. The van der Waals surface area contributed by atoms with Gasteiger partial charge in [-0.15, -0.1) is 0 Å². The lowest BCUT2D eigenvalue weighted by Crippen LogP contribution is -1.94. The number of hydrogen-bond acceptors (Lipinski definition) is 2. The van der Waals surface area contributed by atoms with E-state index < -0.39 is 5.82 Å². The highest BCUT2D eigenvalue weighted by atomic mass is 35.5. The van der Waals surface area contributed by atoms with Gasteiger partial charge < -0.3 is 10.5 Å². The molecule has 5 heteroatoms. The average Bonchev–Trinajstić information content (AvgIpc) is 2.29. The lowest BCUT2D eigenvalue weighted by molar-refractivity contribution is 0.444. The third kappa shape index (κ3) is 2.62. The fraction of sp³-hybridized carbons (Fsp3) is 0. The van der Waals surface area contributed by atoms with Gasteiger partial charge in [0.05, 0.1) is 15.7 Å². The summed E-state index contributed by atoms with van der Waals surface area (Å²) in [6.45, 7) is 0. The first-order valence-electron chi connectivity index (χ1n) is 4.75. The topological polar surface area (TPSA) is 35.2 Å². The van der Waals surface area contributed by atoms with Crippen molar-refractivity contribution in [1.29, 1.82) is 0 Å². The van der Waals surface area contributed by atoms with Crippen LogP contribution in [0.4, 0.5) is 10.1 Å². The molecule has 0 aliphatic rings. The van der Waals surface area contributed by atoms with E-state index in [2.05, 4.69) is 0 Å². The summed E-state index contributed by atoms with van der Waals surface area (Å²) in [5.41, 5.74) is 5.99. The van der Waals surface area contributed by atoms with Gasteiger partial charge in [0.25, 0.3) is 0 Å².